The molecule has 3 rings (SSSR count). The van der Waals surface area contributed by atoms with Gasteiger partial charge in [0.25, 0.3) is 11.8 Å². The Kier molecular flexibility index (Phi) is 7.17. The first kappa shape index (κ1) is 21.8. The Bertz CT molecular complexity index is 1060. The second kappa shape index (κ2) is 10.2. The quantitative estimate of drug-likeness (QED) is 0.535. The molecule has 31 heavy (non-hydrogen) atoms. The lowest BCUT2D eigenvalue weighted by atomic mass is 10.1. The molecule has 3 aromatic rings. The molecule has 1 atom stereocenters. The number of nitrogens with one attached hydrogen (secondary N) is 3. The minimum atomic E-state index is -0.714. The first-order valence-electron chi connectivity index (χ1n) is 10.1. The number of hydrogen-bond donors (Lipinski definition) is 3. The van der Waals surface area contributed by atoms with E-state index in [1.165, 1.54) is 0 Å². The predicted molar refractivity (Wildman–Crippen MR) is 122 cm³/mol. The van der Waals surface area contributed by atoms with Crippen LogP contribution in [0.5, 0.6) is 0 Å². The van der Waals surface area contributed by atoms with Crippen LogP contribution in [0.3, 0.4) is 0 Å². The summed E-state index contributed by atoms with van der Waals surface area (Å²) in [5.41, 5.74) is 2.87. The Hall–Kier alpha value is -3.93. The molecule has 6 heteroatoms. The maximum Gasteiger partial charge on any atom is 0.255 e. The zero-order valence-electron chi connectivity index (χ0n) is 17.5. The van der Waals surface area contributed by atoms with Crippen molar-refractivity contribution in [1.82, 2.24) is 5.32 Å². The van der Waals surface area contributed by atoms with Crippen LogP contribution in [0.2, 0.25) is 0 Å². The smallest absolute Gasteiger partial charge is 0.255 e. The topological polar surface area (TPSA) is 87.3 Å². The van der Waals surface area contributed by atoms with E-state index in [0.29, 0.717) is 23.4 Å². The zero-order valence-corrected chi connectivity index (χ0v) is 17.5. The summed E-state index contributed by atoms with van der Waals surface area (Å²) in [7, 11) is 0. The van der Waals surface area contributed by atoms with Gasteiger partial charge in [-0.3, -0.25) is 14.4 Å². The Morgan fingerprint density at radius 2 is 1.42 bits per heavy atom. The van der Waals surface area contributed by atoms with E-state index in [-0.39, 0.29) is 17.4 Å². The summed E-state index contributed by atoms with van der Waals surface area (Å²) in [5, 5.41) is 8.35. The predicted octanol–water partition coefficient (Wildman–Crippen LogP) is 4.39. The lowest BCUT2D eigenvalue weighted by Gasteiger charge is -2.18. The number of hydrogen-bond acceptors (Lipinski definition) is 3. The van der Waals surface area contributed by atoms with Crippen molar-refractivity contribution in [2.45, 2.75) is 26.3 Å². The van der Waals surface area contributed by atoms with E-state index >= 15 is 0 Å². The first-order valence-corrected chi connectivity index (χ1v) is 10.1. The molecule has 0 aromatic heterocycles. The largest absolute Gasteiger partial charge is 0.340 e. The Labute approximate surface area is 181 Å². The maximum atomic E-state index is 12.9. The van der Waals surface area contributed by atoms with Gasteiger partial charge in [0, 0.05) is 11.3 Å². The minimum Gasteiger partial charge on any atom is -0.340 e. The fraction of sp³-hybridized carbons (Fsp3) is 0.160. The second-order valence-corrected chi connectivity index (χ2v) is 7.16. The van der Waals surface area contributed by atoms with Gasteiger partial charge in [-0.1, -0.05) is 55.0 Å². The summed E-state index contributed by atoms with van der Waals surface area (Å²) in [6, 6.07) is 22.2. The molecule has 0 spiro atoms. The number of para-hydroxylation sites is 2. The molecule has 0 aliphatic heterocycles. The molecule has 158 valence electrons. The number of benzene rings is 3. The van der Waals surface area contributed by atoms with Crippen LogP contribution in [0.15, 0.2) is 78.9 Å². The van der Waals surface area contributed by atoms with Gasteiger partial charge in [0.2, 0.25) is 5.91 Å². The van der Waals surface area contributed by atoms with E-state index < -0.39 is 11.9 Å². The van der Waals surface area contributed by atoms with Gasteiger partial charge >= 0.3 is 0 Å². The van der Waals surface area contributed by atoms with Crippen molar-refractivity contribution in [2.75, 3.05) is 10.6 Å². The molecule has 0 unspecified atom stereocenters. The summed E-state index contributed by atoms with van der Waals surface area (Å²) >= 11 is 0. The highest BCUT2D eigenvalue weighted by atomic mass is 16.2. The van der Waals surface area contributed by atoms with E-state index in [9.17, 15) is 14.4 Å². The Balaban J connectivity index is 1.71. The molecule has 0 heterocycles. The molecule has 3 aromatic carbocycles. The van der Waals surface area contributed by atoms with Crippen molar-refractivity contribution >= 4 is 29.1 Å². The highest BCUT2D eigenvalue weighted by Gasteiger charge is 2.22. The Morgan fingerprint density at radius 3 is 2.10 bits per heavy atom. The van der Waals surface area contributed by atoms with Crippen molar-refractivity contribution in [2.24, 2.45) is 0 Å². The van der Waals surface area contributed by atoms with E-state index in [0.717, 1.165) is 5.56 Å². The third-order valence-electron chi connectivity index (χ3n) is 4.81. The van der Waals surface area contributed by atoms with E-state index in [1.54, 1.807) is 48.5 Å². The molecule has 0 bridgehead atoms. The lowest BCUT2D eigenvalue weighted by molar-refractivity contribution is -0.118. The van der Waals surface area contributed by atoms with Gasteiger partial charge in [-0.2, -0.15) is 0 Å². The molecule has 0 fully saturated rings. The number of aryl methyl sites for hydroxylation is 1. The highest BCUT2D eigenvalue weighted by Crippen LogP contribution is 2.17. The molecule has 0 saturated carbocycles. The fourth-order valence-electron chi connectivity index (χ4n) is 3.03. The average molecular weight is 415 g/mol. The Morgan fingerprint density at radius 1 is 0.774 bits per heavy atom. The number of carbonyl (C=O) groups excluding carboxylic acids is 3. The molecule has 0 aliphatic rings. The van der Waals surface area contributed by atoms with Gasteiger partial charge in [-0.05, 0) is 49.7 Å². The van der Waals surface area contributed by atoms with Crippen LogP contribution in [0, 0.1) is 6.92 Å². The standard InChI is InChI=1S/C25H25N3O3/c1-3-21(25(31)26-19-9-5-4-6-10-19)27-24(30)20-11-7-8-12-22(20)28-23(29)18-15-13-17(2)14-16-18/h4-16,21H,3H2,1-2H3,(H,26,31)(H,27,30)(H,28,29)/t21-/m0/s1. The second-order valence-electron chi connectivity index (χ2n) is 7.16. The third kappa shape index (κ3) is 5.79. The van der Waals surface area contributed by atoms with E-state index in [1.807, 2.05) is 44.2 Å². The van der Waals surface area contributed by atoms with Gasteiger partial charge in [-0.15, -0.1) is 0 Å². The zero-order chi connectivity index (χ0) is 22.2. The van der Waals surface area contributed by atoms with Crippen LogP contribution in [0.25, 0.3) is 0 Å². The fourth-order valence-corrected chi connectivity index (χ4v) is 3.03. The number of anilines is 2. The molecule has 0 saturated heterocycles. The summed E-state index contributed by atoms with van der Waals surface area (Å²) in [6.45, 7) is 3.76. The van der Waals surface area contributed by atoms with Crippen LogP contribution in [-0.4, -0.2) is 23.8 Å². The lowest BCUT2D eigenvalue weighted by Crippen LogP contribution is -2.43. The molecule has 3 amide bonds. The van der Waals surface area contributed by atoms with Crippen molar-refractivity contribution < 1.29 is 14.4 Å². The van der Waals surface area contributed by atoms with Gasteiger partial charge < -0.3 is 16.0 Å². The van der Waals surface area contributed by atoms with Crippen molar-refractivity contribution in [3.05, 3.63) is 95.6 Å². The molecular weight excluding hydrogens is 390 g/mol. The molecule has 0 radical (unpaired) electrons. The summed E-state index contributed by atoms with van der Waals surface area (Å²) < 4.78 is 0. The van der Waals surface area contributed by atoms with Crippen molar-refractivity contribution in [3.8, 4) is 0 Å². The van der Waals surface area contributed by atoms with Crippen LogP contribution >= 0.6 is 0 Å². The number of carbonyl (C=O) groups is 3. The normalized spacial score (nSPS) is 11.3. The van der Waals surface area contributed by atoms with Gasteiger partial charge in [-0.25, -0.2) is 0 Å². The number of rotatable bonds is 7. The molecule has 3 N–H and O–H groups in total. The maximum absolute atomic E-state index is 12.9. The third-order valence-corrected chi connectivity index (χ3v) is 4.81. The highest BCUT2D eigenvalue weighted by molar-refractivity contribution is 6.10. The van der Waals surface area contributed by atoms with Crippen LogP contribution in [0.1, 0.15) is 39.6 Å². The monoisotopic (exact) mass is 415 g/mol. The molecular formula is C25H25N3O3. The van der Waals surface area contributed by atoms with E-state index in [2.05, 4.69) is 16.0 Å². The van der Waals surface area contributed by atoms with Crippen LogP contribution in [0.4, 0.5) is 11.4 Å². The first-order chi connectivity index (χ1) is 15.0. The van der Waals surface area contributed by atoms with Crippen LogP contribution < -0.4 is 16.0 Å². The van der Waals surface area contributed by atoms with Gasteiger partial charge in [0.15, 0.2) is 0 Å². The number of amides is 3. The molecule has 0 aliphatic carbocycles. The van der Waals surface area contributed by atoms with Crippen molar-refractivity contribution in [3.63, 3.8) is 0 Å². The SMILES string of the molecule is CC[C@H](NC(=O)c1ccccc1NC(=O)c1ccc(C)cc1)C(=O)Nc1ccccc1. The summed E-state index contributed by atoms with van der Waals surface area (Å²) in [4.78, 5) is 38.1. The van der Waals surface area contributed by atoms with E-state index in [4.69, 9.17) is 0 Å². The van der Waals surface area contributed by atoms with Crippen molar-refractivity contribution in [1.29, 1.82) is 0 Å². The van der Waals surface area contributed by atoms with Gasteiger partial charge in [0.05, 0.1) is 11.3 Å². The van der Waals surface area contributed by atoms with Crippen LogP contribution in [-0.2, 0) is 4.79 Å². The summed E-state index contributed by atoms with van der Waals surface area (Å²) in [5.74, 6) is -1.05. The average Bonchev–Trinajstić information content (AvgIpc) is 2.78. The van der Waals surface area contributed by atoms with Gasteiger partial charge in [0.1, 0.15) is 6.04 Å². The minimum absolute atomic E-state index is 0.286. The summed E-state index contributed by atoms with van der Waals surface area (Å²) in [6.07, 6.45) is 0.419. The molecule has 6 nitrogen and oxygen atoms in total.